The molecule has 29 heavy (non-hydrogen) atoms. The van der Waals surface area contributed by atoms with Crippen molar-refractivity contribution >= 4 is 22.3 Å². The molecule has 3 heterocycles. The van der Waals surface area contributed by atoms with E-state index in [1.165, 1.54) is 6.20 Å². The predicted molar refractivity (Wildman–Crippen MR) is 111 cm³/mol. The largest absolute Gasteiger partial charge is 0.481 e. The second-order valence-corrected chi connectivity index (χ2v) is 8.61. The number of nitrogens with zero attached hydrogens (tertiary/aromatic N) is 4. The number of anilines is 1. The van der Waals surface area contributed by atoms with E-state index in [1.807, 2.05) is 27.7 Å². The van der Waals surface area contributed by atoms with Crippen molar-refractivity contribution < 1.29 is 18.5 Å². The third kappa shape index (κ3) is 4.52. The van der Waals surface area contributed by atoms with Crippen LogP contribution in [0.25, 0.3) is 0 Å². The second kappa shape index (κ2) is 8.81. The van der Waals surface area contributed by atoms with Crippen LogP contribution in [0.4, 0.5) is 10.5 Å². The summed E-state index contributed by atoms with van der Waals surface area (Å²) in [5.74, 6) is 1.07. The maximum atomic E-state index is 12.7. The number of pyridine rings is 1. The molecule has 0 aliphatic carbocycles. The molecule has 1 aliphatic heterocycles. The summed E-state index contributed by atoms with van der Waals surface area (Å²) in [5, 5.41) is 6.95. The van der Waals surface area contributed by atoms with Gasteiger partial charge in [0.05, 0.1) is 41.9 Å². The van der Waals surface area contributed by atoms with Crippen LogP contribution >= 0.6 is 0 Å². The molecule has 0 spiro atoms. The fraction of sp³-hybridized carbons (Fsp3) is 0.526. The van der Waals surface area contributed by atoms with E-state index >= 15 is 0 Å². The highest BCUT2D eigenvalue weighted by Crippen LogP contribution is 2.34. The number of fused-ring (bicyclic) bond motifs is 1. The molecule has 2 aromatic rings. The van der Waals surface area contributed by atoms with Crippen LogP contribution in [0.1, 0.15) is 57.2 Å². The summed E-state index contributed by atoms with van der Waals surface area (Å²) >= 11 is 0. The molecule has 9 nitrogen and oxygen atoms in total. The van der Waals surface area contributed by atoms with E-state index in [0.29, 0.717) is 41.2 Å². The number of nitrogens with one attached hydrogen (secondary N) is 1. The minimum absolute atomic E-state index is 0.0442. The van der Waals surface area contributed by atoms with Gasteiger partial charge in [0.2, 0.25) is 11.8 Å². The standard InChI is InChI=1S/C19H27N5O4S/c1-11(2)13-9-15(27-5)21-16(12(3)4)17(13)22-19(25)23-29(26)14-10-20-24-7-6-8-28-18(14)24/h9-12,29H,6-8H2,1-5H3,(H,22,25). The van der Waals surface area contributed by atoms with Gasteiger partial charge in [-0.1, -0.05) is 27.7 Å². The van der Waals surface area contributed by atoms with Crippen molar-refractivity contribution in [2.45, 2.75) is 57.4 Å². The molecule has 3 rings (SSSR count). The Morgan fingerprint density at radius 3 is 2.76 bits per heavy atom. The Bertz CT molecular complexity index is 963. The molecule has 1 N–H and O–H groups in total. The van der Waals surface area contributed by atoms with Gasteiger partial charge in [0, 0.05) is 19.0 Å². The maximum Gasteiger partial charge on any atom is 0.353 e. The number of carbonyl (C=O) groups excluding carboxylic acids is 1. The lowest BCUT2D eigenvalue weighted by Gasteiger charge is -2.19. The van der Waals surface area contributed by atoms with E-state index in [9.17, 15) is 9.00 Å². The number of aromatic nitrogens is 3. The third-order valence-electron chi connectivity index (χ3n) is 4.58. The molecular weight excluding hydrogens is 394 g/mol. The summed E-state index contributed by atoms with van der Waals surface area (Å²) in [5.41, 5.74) is 2.16. The molecule has 158 valence electrons. The van der Waals surface area contributed by atoms with Gasteiger partial charge in [-0.25, -0.2) is 18.7 Å². The van der Waals surface area contributed by atoms with Gasteiger partial charge in [0.25, 0.3) is 0 Å². The molecule has 1 unspecified atom stereocenters. The number of carbonyl (C=O) groups is 1. The zero-order chi connectivity index (χ0) is 21.1. The Labute approximate surface area is 172 Å². The first kappa shape index (κ1) is 21.1. The fourth-order valence-electron chi connectivity index (χ4n) is 3.13. The minimum atomic E-state index is -2.34. The van der Waals surface area contributed by atoms with Gasteiger partial charge < -0.3 is 14.8 Å². The molecular formula is C19H27N5O4S. The monoisotopic (exact) mass is 421 g/mol. The van der Waals surface area contributed by atoms with Crippen LogP contribution in [0, 0.1) is 0 Å². The number of urea groups is 1. The van der Waals surface area contributed by atoms with Crippen molar-refractivity contribution in [2.24, 2.45) is 4.36 Å². The van der Waals surface area contributed by atoms with E-state index in [1.54, 1.807) is 17.9 Å². The number of ether oxygens (including phenoxy) is 2. The quantitative estimate of drug-likeness (QED) is 0.715. The molecule has 2 amide bonds. The Hall–Kier alpha value is -2.62. The molecule has 0 saturated heterocycles. The van der Waals surface area contributed by atoms with Crippen molar-refractivity contribution in [3.63, 3.8) is 0 Å². The lowest BCUT2D eigenvalue weighted by Crippen LogP contribution is -2.15. The number of amides is 2. The second-order valence-electron chi connectivity index (χ2n) is 7.39. The summed E-state index contributed by atoms with van der Waals surface area (Å²) < 4.78 is 29.0. The summed E-state index contributed by atoms with van der Waals surface area (Å²) in [6.07, 6.45) is 2.28. The van der Waals surface area contributed by atoms with Crippen LogP contribution in [-0.4, -0.2) is 38.7 Å². The van der Waals surface area contributed by atoms with Crippen molar-refractivity contribution in [1.29, 1.82) is 0 Å². The van der Waals surface area contributed by atoms with Crippen molar-refractivity contribution in [3.8, 4) is 11.8 Å². The number of aryl methyl sites for hydroxylation is 1. The van der Waals surface area contributed by atoms with Crippen LogP contribution < -0.4 is 14.8 Å². The molecule has 1 atom stereocenters. The Morgan fingerprint density at radius 2 is 2.10 bits per heavy atom. The highest BCUT2D eigenvalue weighted by atomic mass is 32.2. The van der Waals surface area contributed by atoms with Gasteiger partial charge in [-0.05, 0) is 17.4 Å². The molecule has 0 radical (unpaired) electrons. The zero-order valence-corrected chi connectivity index (χ0v) is 18.2. The molecule has 2 aromatic heterocycles. The van der Waals surface area contributed by atoms with Gasteiger partial charge >= 0.3 is 6.03 Å². The smallest absolute Gasteiger partial charge is 0.353 e. The van der Waals surface area contributed by atoms with E-state index in [2.05, 4.69) is 19.8 Å². The van der Waals surface area contributed by atoms with Crippen LogP contribution in [0.15, 0.2) is 21.5 Å². The number of hydrogen-bond acceptors (Lipinski definition) is 6. The van der Waals surface area contributed by atoms with Gasteiger partial charge in [0.15, 0.2) is 0 Å². The average molecular weight is 422 g/mol. The topological polar surface area (TPSA) is 108 Å². The van der Waals surface area contributed by atoms with E-state index < -0.39 is 16.6 Å². The summed E-state index contributed by atoms with van der Waals surface area (Å²) in [6, 6.07) is 1.10. The summed E-state index contributed by atoms with van der Waals surface area (Å²) in [7, 11) is -0.780. The van der Waals surface area contributed by atoms with Crippen molar-refractivity contribution in [2.75, 3.05) is 19.0 Å². The predicted octanol–water partition coefficient (Wildman–Crippen LogP) is 3.57. The molecule has 0 saturated carbocycles. The first-order valence-electron chi connectivity index (χ1n) is 9.59. The number of rotatable bonds is 5. The van der Waals surface area contributed by atoms with Crippen molar-refractivity contribution in [3.05, 3.63) is 23.5 Å². The van der Waals surface area contributed by atoms with Gasteiger partial charge in [0.1, 0.15) is 4.90 Å². The van der Waals surface area contributed by atoms with Gasteiger partial charge in [-0.15, -0.1) is 4.36 Å². The normalized spacial score (nSPS) is 14.6. The highest BCUT2D eigenvalue weighted by Gasteiger charge is 2.21. The molecule has 0 aromatic carbocycles. The van der Waals surface area contributed by atoms with E-state index in [4.69, 9.17) is 9.47 Å². The number of thiol groups is 1. The van der Waals surface area contributed by atoms with E-state index in [-0.39, 0.29) is 11.8 Å². The lowest BCUT2D eigenvalue weighted by atomic mass is 9.97. The molecule has 0 fully saturated rings. The number of methoxy groups -OCH3 is 1. The molecule has 0 bridgehead atoms. The van der Waals surface area contributed by atoms with Crippen LogP contribution in [0.5, 0.6) is 11.8 Å². The molecule has 10 heteroatoms. The summed E-state index contributed by atoms with van der Waals surface area (Å²) in [4.78, 5) is 17.4. The average Bonchev–Trinajstić information content (AvgIpc) is 3.11. The first-order valence-corrected chi connectivity index (χ1v) is 10.8. The van der Waals surface area contributed by atoms with Gasteiger partial charge in [-0.3, -0.25) is 0 Å². The third-order valence-corrected chi connectivity index (χ3v) is 5.66. The minimum Gasteiger partial charge on any atom is -0.481 e. The van der Waals surface area contributed by atoms with Gasteiger partial charge in [-0.2, -0.15) is 5.10 Å². The maximum absolute atomic E-state index is 12.7. The Kier molecular flexibility index (Phi) is 6.41. The van der Waals surface area contributed by atoms with E-state index in [0.717, 1.165) is 12.0 Å². The zero-order valence-electron chi connectivity index (χ0n) is 17.3. The summed E-state index contributed by atoms with van der Waals surface area (Å²) in [6.45, 7) is 9.22. The first-order chi connectivity index (χ1) is 13.8. The highest BCUT2D eigenvalue weighted by molar-refractivity contribution is 7.75. The SMILES string of the molecule is COc1cc(C(C)C)c(NC(=O)/N=[SH](=O)/c2cnn3c2OCCC3)c(C(C)C)n1. The lowest BCUT2D eigenvalue weighted by molar-refractivity contribution is 0.225. The Balaban J connectivity index is 1.93. The Morgan fingerprint density at radius 1 is 1.34 bits per heavy atom. The fourth-order valence-corrected chi connectivity index (χ4v) is 3.95. The van der Waals surface area contributed by atoms with Crippen molar-refractivity contribution in [1.82, 2.24) is 14.8 Å². The van der Waals surface area contributed by atoms with Crippen LogP contribution in [-0.2, 0) is 17.1 Å². The van der Waals surface area contributed by atoms with Crippen LogP contribution in [0.3, 0.4) is 0 Å². The van der Waals surface area contributed by atoms with Crippen LogP contribution in [0.2, 0.25) is 0 Å². The number of hydrogen-bond donors (Lipinski definition) is 2. The molecule has 1 aliphatic rings.